The van der Waals surface area contributed by atoms with Crippen LogP contribution in [-0.2, 0) is 13.1 Å². The molecule has 0 aliphatic heterocycles. The number of fused-ring (bicyclic) bond motifs is 1. The van der Waals surface area contributed by atoms with Gasteiger partial charge in [0, 0.05) is 29.9 Å². The van der Waals surface area contributed by atoms with E-state index in [-0.39, 0.29) is 5.91 Å². The first-order valence-electron chi connectivity index (χ1n) is 9.50. The highest BCUT2D eigenvalue weighted by Crippen LogP contribution is 2.32. The van der Waals surface area contributed by atoms with Crippen molar-refractivity contribution >= 4 is 28.7 Å². The van der Waals surface area contributed by atoms with Crippen LogP contribution >= 0.6 is 11.6 Å². The van der Waals surface area contributed by atoms with Gasteiger partial charge in [-0.05, 0) is 55.5 Å². The molecule has 140 valence electrons. The summed E-state index contributed by atoms with van der Waals surface area (Å²) in [6.45, 7) is 4.15. The van der Waals surface area contributed by atoms with Gasteiger partial charge in [0.15, 0.2) is 5.65 Å². The van der Waals surface area contributed by atoms with Crippen LogP contribution < -0.4 is 0 Å². The zero-order valence-corrected chi connectivity index (χ0v) is 16.2. The summed E-state index contributed by atoms with van der Waals surface area (Å²) in [5, 5.41) is 0.572. The van der Waals surface area contributed by atoms with Crippen molar-refractivity contribution in [1.82, 2.24) is 19.4 Å². The minimum absolute atomic E-state index is 0.0164. The largest absolute Gasteiger partial charge is 0.331 e. The SMILES string of the molecule is CCCN(Cc1nc2cccnc2n1CC1CC1)C(=O)c1cccc(Cl)c1. The van der Waals surface area contributed by atoms with Gasteiger partial charge < -0.3 is 9.47 Å². The highest BCUT2D eigenvalue weighted by Gasteiger charge is 2.26. The lowest BCUT2D eigenvalue weighted by molar-refractivity contribution is 0.0737. The molecule has 0 atom stereocenters. The van der Waals surface area contributed by atoms with Crippen LogP contribution in [0.1, 0.15) is 42.4 Å². The number of imidazole rings is 1. The van der Waals surface area contributed by atoms with E-state index in [0.29, 0.717) is 29.6 Å². The molecule has 0 unspecified atom stereocenters. The van der Waals surface area contributed by atoms with Gasteiger partial charge in [-0.3, -0.25) is 4.79 Å². The van der Waals surface area contributed by atoms with Crippen LogP contribution in [0.4, 0.5) is 0 Å². The van der Waals surface area contributed by atoms with E-state index < -0.39 is 0 Å². The first-order chi connectivity index (χ1) is 13.2. The summed E-state index contributed by atoms with van der Waals surface area (Å²) in [5.41, 5.74) is 2.41. The standard InChI is InChI=1S/C21H23ClN4O/c1-2-11-25(21(27)16-5-3-6-17(22)12-16)14-19-24-18-7-4-10-23-20(18)26(19)13-15-8-9-15/h3-7,10,12,15H,2,8-9,11,13-14H2,1H3. The van der Waals surface area contributed by atoms with Gasteiger partial charge in [-0.1, -0.05) is 24.6 Å². The summed E-state index contributed by atoms with van der Waals surface area (Å²) in [6, 6.07) is 11.0. The van der Waals surface area contributed by atoms with Crippen LogP contribution in [0.3, 0.4) is 0 Å². The van der Waals surface area contributed by atoms with Crippen LogP contribution in [0.5, 0.6) is 0 Å². The first-order valence-corrected chi connectivity index (χ1v) is 9.88. The Morgan fingerprint density at radius 2 is 2.15 bits per heavy atom. The third kappa shape index (κ3) is 3.98. The molecule has 4 rings (SSSR count). The summed E-state index contributed by atoms with van der Waals surface area (Å²) in [4.78, 5) is 24.2. The van der Waals surface area contributed by atoms with Gasteiger partial charge in [-0.25, -0.2) is 9.97 Å². The number of benzene rings is 1. The third-order valence-corrected chi connectivity index (χ3v) is 5.14. The molecule has 0 saturated heterocycles. The molecule has 1 aliphatic carbocycles. The van der Waals surface area contributed by atoms with Crippen molar-refractivity contribution in [2.45, 2.75) is 39.3 Å². The maximum atomic E-state index is 13.1. The lowest BCUT2D eigenvalue weighted by Gasteiger charge is -2.22. The number of rotatable bonds is 7. The molecule has 3 aromatic rings. The molecular weight excluding hydrogens is 360 g/mol. The average molecular weight is 383 g/mol. The predicted octanol–water partition coefficient (Wildman–Crippen LogP) is 4.55. The monoisotopic (exact) mass is 382 g/mol. The summed E-state index contributed by atoms with van der Waals surface area (Å²) >= 11 is 6.08. The van der Waals surface area contributed by atoms with Gasteiger partial charge >= 0.3 is 0 Å². The summed E-state index contributed by atoms with van der Waals surface area (Å²) in [6.07, 6.45) is 5.20. The van der Waals surface area contributed by atoms with Gasteiger partial charge in [0.1, 0.15) is 11.3 Å². The van der Waals surface area contributed by atoms with E-state index in [9.17, 15) is 4.79 Å². The number of nitrogens with zero attached hydrogens (tertiary/aromatic N) is 4. The van der Waals surface area contributed by atoms with Crippen molar-refractivity contribution in [2.75, 3.05) is 6.54 Å². The molecule has 5 nitrogen and oxygen atoms in total. The fraction of sp³-hybridized carbons (Fsp3) is 0.381. The zero-order chi connectivity index (χ0) is 18.8. The quantitative estimate of drug-likeness (QED) is 0.602. The molecule has 2 aromatic heterocycles. The molecular formula is C21H23ClN4O. The molecule has 2 heterocycles. The van der Waals surface area contributed by atoms with Crippen molar-refractivity contribution in [2.24, 2.45) is 5.92 Å². The Morgan fingerprint density at radius 1 is 1.30 bits per heavy atom. The number of carbonyl (C=O) groups is 1. The number of hydrogen-bond acceptors (Lipinski definition) is 3. The second kappa shape index (κ2) is 7.69. The minimum Gasteiger partial charge on any atom is -0.331 e. The Labute approximate surface area is 164 Å². The number of hydrogen-bond donors (Lipinski definition) is 0. The van der Waals surface area contributed by atoms with Crippen LogP contribution in [-0.4, -0.2) is 31.9 Å². The highest BCUT2D eigenvalue weighted by molar-refractivity contribution is 6.30. The number of pyridine rings is 1. The van der Waals surface area contributed by atoms with Crippen molar-refractivity contribution in [3.8, 4) is 0 Å². The predicted molar refractivity (Wildman–Crippen MR) is 107 cm³/mol. The zero-order valence-electron chi connectivity index (χ0n) is 15.4. The molecule has 1 amide bonds. The lowest BCUT2D eigenvalue weighted by Crippen LogP contribution is -2.32. The summed E-state index contributed by atoms with van der Waals surface area (Å²) < 4.78 is 2.20. The Hall–Kier alpha value is -2.40. The number of halogens is 1. The third-order valence-electron chi connectivity index (χ3n) is 4.91. The van der Waals surface area contributed by atoms with Gasteiger partial charge in [0.2, 0.25) is 0 Å². The van der Waals surface area contributed by atoms with E-state index in [4.69, 9.17) is 16.6 Å². The van der Waals surface area contributed by atoms with E-state index in [1.807, 2.05) is 29.2 Å². The molecule has 1 aliphatic rings. The lowest BCUT2D eigenvalue weighted by atomic mass is 10.2. The topological polar surface area (TPSA) is 51.0 Å². The second-order valence-electron chi connectivity index (χ2n) is 7.17. The van der Waals surface area contributed by atoms with E-state index in [2.05, 4.69) is 16.5 Å². The summed E-state index contributed by atoms with van der Waals surface area (Å²) in [7, 11) is 0. The second-order valence-corrected chi connectivity index (χ2v) is 7.60. The van der Waals surface area contributed by atoms with Gasteiger partial charge in [-0.2, -0.15) is 0 Å². The molecule has 1 saturated carbocycles. The van der Waals surface area contributed by atoms with Crippen molar-refractivity contribution in [1.29, 1.82) is 0 Å². The fourth-order valence-corrected chi connectivity index (χ4v) is 3.56. The fourth-order valence-electron chi connectivity index (χ4n) is 3.37. The number of amides is 1. The number of aromatic nitrogens is 3. The van der Waals surface area contributed by atoms with Gasteiger partial charge in [0.05, 0.1) is 6.54 Å². The Kier molecular flexibility index (Phi) is 5.12. The highest BCUT2D eigenvalue weighted by atomic mass is 35.5. The van der Waals surface area contributed by atoms with Gasteiger partial charge in [-0.15, -0.1) is 0 Å². The first kappa shape index (κ1) is 18.0. The summed E-state index contributed by atoms with van der Waals surface area (Å²) in [5.74, 6) is 1.59. The van der Waals surface area contributed by atoms with Crippen molar-refractivity contribution < 1.29 is 4.79 Å². The molecule has 0 radical (unpaired) electrons. The van der Waals surface area contributed by atoms with Crippen LogP contribution in [0.2, 0.25) is 5.02 Å². The number of carbonyl (C=O) groups excluding carboxylic acids is 1. The minimum atomic E-state index is -0.0164. The van der Waals surface area contributed by atoms with Gasteiger partial charge in [0.25, 0.3) is 5.91 Å². The Balaban J connectivity index is 1.66. The maximum absolute atomic E-state index is 13.1. The molecule has 0 N–H and O–H groups in total. The smallest absolute Gasteiger partial charge is 0.254 e. The molecule has 0 spiro atoms. The van der Waals surface area contributed by atoms with Crippen LogP contribution in [0, 0.1) is 5.92 Å². The Morgan fingerprint density at radius 3 is 2.89 bits per heavy atom. The van der Waals surface area contributed by atoms with Crippen LogP contribution in [0.25, 0.3) is 11.2 Å². The molecule has 0 bridgehead atoms. The van der Waals surface area contributed by atoms with Crippen molar-refractivity contribution in [3.05, 3.63) is 59.0 Å². The average Bonchev–Trinajstić information content (AvgIpc) is 3.43. The molecule has 6 heteroatoms. The Bertz CT molecular complexity index is 964. The molecule has 1 aromatic carbocycles. The van der Waals surface area contributed by atoms with Crippen molar-refractivity contribution in [3.63, 3.8) is 0 Å². The van der Waals surface area contributed by atoms with E-state index in [1.165, 1.54) is 12.8 Å². The van der Waals surface area contributed by atoms with E-state index in [1.54, 1.807) is 18.3 Å². The molecule has 1 fully saturated rings. The molecule has 27 heavy (non-hydrogen) atoms. The normalized spacial score (nSPS) is 13.9. The van der Waals surface area contributed by atoms with E-state index >= 15 is 0 Å². The van der Waals surface area contributed by atoms with E-state index in [0.717, 1.165) is 30.0 Å². The van der Waals surface area contributed by atoms with Crippen LogP contribution in [0.15, 0.2) is 42.6 Å². The maximum Gasteiger partial charge on any atom is 0.254 e.